The first kappa shape index (κ1) is 20.9. The van der Waals surface area contributed by atoms with Crippen LogP contribution in [0.15, 0.2) is 41.6 Å². The van der Waals surface area contributed by atoms with Crippen LogP contribution >= 0.6 is 11.8 Å². The number of hydrogen-bond donors (Lipinski definition) is 2. The van der Waals surface area contributed by atoms with Gasteiger partial charge >= 0.3 is 0 Å². The van der Waals surface area contributed by atoms with E-state index in [4.69, 9.17) is 5.73 Å². The van der Waals surface area contributed by atoms with Crippen molar-refractivity contribution in [3.05, 3.63) is 53.1 Å². The van der Waals surface area contributed by atoms with Gasteiger partial charge in [-0.2, -0.15) is 0 Å². The fourth-order valence-electron chi connectivity index (χ4n) is 3.32. The minimum Gasteiger partial charge on any atom is -0.399 e. The number of thioether (sulfide) groups is 1. The zero-order valence-corrected chi connectivity index (χ0v) is 18.3. The Bertz CT molecular complexity index is 1000. The van der Waals surface area contributed by atoms with Crippen LogP contribution < -0.4 is 11.1 Å². The fourth-order valence-corrected chi connectivity index (χ4v) is 4.23. The molecule has 2 aromatic carbocycles. The van der Waals surface area contributed by atoms with Crippen LogP contribution in [0.5, 0.6) is 0 Å². The zero-order valence-electron chi connectivity index (χ0n) is 17.5. The first-order chi connectivity index (χ1) is 13.8. The topological polar surface area (TPSA) is 85.8 Å². The second-order valence-electron chi connectivity index (χ2n) is 7.20. The monoisotopic (exact) mass is 409 g/mol. The summed E-state index contributed by atoms with van der Waals surface area (Å²) < 4.78 is 2.02. The quantitative estimate of drug-likeness (QED) is 0.459. The van der Waals surface area contributed by atoms with Crippen molar-refractivity contribution in [1.29, 1.82) is 0 Å². The number of benzene rings is 2. The van der Waals surface area contributed by atoms with Gasteiger partial charge in [-0.25, -0.2) is 0 Å². The third kappa shape index (κ3) is 4.62. The summed E-state index contributed by atoms with van der Waals surface area (Å²) in [5.41, 5.74) is 11.6. The SMILES string of the molecule is CCn1c(SC(C)C(=O)Nc2c(C)cc(C)cc2C)nnc1-c1ccc(N)cc1. The van der Waals surface area contributed by atoms with E-state index in [1.807, 2.05) is 56.5 Å². The average Bonchev–Trinajstić information content (AvgIpc) is 3.07. The Morgan fingerprint density at radius 3 is 2.34 bits per heavy atom. The van der Waals surface area contributed by atoms with Crippen molar-refractivity contribution in [2.24, 2.45) is 0 Å². The second kappa shape index (κ2) is 8.69. The van der Waals surface area contributed by atoms with Gasteiger partial charge < -0.3 is 15.6 Å². The summed E-state index contributed by atoms with van der Waals surface area (Å²) >= 11 is 1.41. The van der Waals surface area contributed by atoms with Crippen molar-refractivity contribution < 1.29 is 4.79 Å². The Kier molecular flexibility index (Phi) is 6.27. The summed E-state index contributed by atoms with van der Waals surface area (Å²) in [5.74, 6) is 0.720. The van der Waals surface area contributed by atoms with Gasteiger partial charge in [0, 0.05) is 23.5 Å². The Labute approximate surface area is 175 Å². The predicted octanol–water partition coefficient (Wildman–Crippen LogP) is 4.59. The number of anilines is 2. The molecule has 1 amide bonds. The normalized spacial score (nSPS) is 12.0. The number of carbonyl (C=O) groups excluding carboxylic acids is 1. The van der Waals surface area contributed by atoms with Crippen molar-refractivity contribution in [3.63, 3.8) is 0 Å². The second-order valence-corrected chi connectivity index (χ2v) is 8.50. The summed E-state index contributed by atoms with van der Waals surface area (Å²) in [6.07, 6.45) is 0. The molecule has 29 heavy (non-hydrogen) atoms. The maximum atomic E-state index is 12.8. The summed E-state index contributed by atoms with van der Waals surface area (Å²) in [5, 5.41) is 12.1. The number of nitrogens with one attached hydrogen (secondary N) is 1. The Hall–Kier alpha value is -2.80. The average molecular weight is 410 g/mol. The molecule has 1 unspecified atom stereocenters. The highest BCUT2D eigenvalue weighted by atomic mass is 32.2. The third-order valence-corrected chi connectivity index (χ3v) is 5.86. The molecule has 1 heterocycles. The first-order valence-electron chi connectivity index (χ1n) is 9.64. The van der Waals surface area contributed by atoms with Crippen molar-refractivity contribution in [3.8, 4) is 11.4 Å². The van der Waals surface area contributed by atoms with E-state index in [0.29, 0.717) is 12.2 Å². The maximum Gasteiger partial charge on any atom is 0.237 e. The molecule has 1 aromatic heterocycles. The van der Waals surface area contributed by atoms with E-state index in [1.165, 1.54) is 17.3 Å². The van der Waals surface area contributed by atoms with Gasteiger partial charge in [-0.15, -0.1) is 10.2 Å². The maximum absolute atomic E-state index is 12.8. The van der Waals surface area contributed by atoms with Gasteiger partial charge in [-0.05, 0) is 70.0 Å². The molecule has 0 bridgehead atoms. The summed E-state index contributed by atoms with van der Waals surface area (Å²) in [4.78, 5) is 12.8. The predicted molar refractivity (Wildman–Crippen MR) is 120 cm³/mol. The van der Waals surface area contributed by atoms with Crippen LogP contribution in [-0.4, -0.2) is 25.9 Å². The largest absolute Gasteiger partial charge is 0.399 e. The summed E-state index contributed by atoms with van der Waals surface area (Å²) in [6.45, 7) is 10.7. The van der Waals surface area contributed by atoms with E-state index in [-0.39, 0.29) is 11.2 Å². The van der Waals surface area contributed by atoms with Crippen LogP contribution in [0, 0.1) is 20.8 Å². The van der Waals surface area contributed by atoms with Crippen molar-refractivity contribution >= 4 is 29.0 Å². The Morgan fingerprint density at radius 2 is 1.76 bits per heavy atom. The molecule has 6 nitrogen and oxygen atoms in total. The molecule has 0 aliphatic rings. The van der Waals surface area contributed by atoms with E-state index in [0.717, 1.165) is 33.4 Å². The highest BCUT2D eigenvalue weighted by molar-refractivity contribution is 8.00. The molecule has 3 rings (SSSR count). The number of carbonyl (C=O) groups is 1. The molecule has 0 fully saturated rings. The lowest BCUT2D eigenvalue weighted by Crippen LogP contribution is -2.24. The molecule has 3 N–H and O–H groups in total. The van der Waals surface area contributed by atoms with E-state index >= 15 is 0 Å². The molecule has 0 radical (unpaired) electrons. The number of aryl methyl sites for hydroxylation is 3. The number of nitrogens with zero attached hydrogens (tertiary/aromatic N) is 3. The van der Waals surface area contributed by atoms with Crippen LogP contribution in [0.2, 0.25) is 0 Å². The number of aromatic nitrogens is 3. The van der Waals surface area contributed by atoms with Crippen LogP contribution in [0.4, 0.5) is 11.4 Å². The molecule has 0 saturated carbocycles. The molecule has 0 aliphatic carbocycles. The zero-order chi connectivity index (χ0) is 21.1. The third-order valence-electron chi connectivity index (χ3n) is 4.78. The standard InChI is InChI=1S/C22H27N5OS/c1-6-27-20(17-7-9-18(23)10-8-17)25-26-22(27)29-16(5)21(28)24-19-14(3)11-13(2)12-15(19)4/h7-12,16H,6,23H2,1-5H3,(H,24,28). The summed E-state index contributed by atoms with van der Waals surface area (Å²) in [6, 6.07) is 11.7. The van der Waals surface area contributed by atoms with Crippen LogP contribution in [0.1, 0.15) is 30.5 Å². The lowest BCUT2D eigenvalue weighted by Gasteiger charge is -2.16. The van der Waals surface area contributed by atoms with E-state index in [1.54, 1.807) is 0 Å². The molecular weight excluding hydrogens is 382 g/mol. The number of nitrogens with two attached hydrogens (primary N) is 1. The first-order valence-corrected chi connectivity index (χ1v) is 10.5. The summed E-state index contributed by atoms with van der Waals surface area (Å²) in [7, 11) is 0. The van der Waals surface area contributed by atoms with Gasteiger partial charge in [0.1, 0.15) is 0 Å². The van der Waals surface area contributed by atoms with Crippen LogP contribution in [0.25, 0.3) is 11.4 Å². The fraction of sp³-hybridized carbons (Fsp3) is 0.318. The van der Waals surface area contributed by atoms with Gasteiger partial charge in [-0.1, -0.05) is 29.5 Å². The van der Waals surface area contributed by atoms with Gasteiger partial charge in [0.25, 0.3) is 0 Å². The highest BCUT2D eigenvalue weighted by Crippen LogP contribution is 2.29. The number of rotatable bonds is 6. The van der Waals surface area contributed by atoms with E-state index in [9.17, 15) is 4.79 Å². The van der Waals surface area contributed by atoms with E-state index < -0.39 is 0 Å². The lowest BCUT2D eigenvalue weighted by molar-refractivity contribution is -0.115. The molecule has 0 spiro atoms. The molecule has 3 aromatic rings. The molecule has 0 aliphatic heterocycles. The van der Waals surface area contributed by atoms with Crippen molar-refractivity contribution in [2.45, 2.75) is 51.6 Å². The minimum absolute atomic E-state index is 0.0512. The van der Waals surface area contributed by atoms with Crippen LogP contribution in [-0.2, 0) is 11.3 Å². The number of amides is 1. The van der Waals surface area contributed by atoms with E-state index in [2.05, 4.69) is 34.6 Å². The number of nitrogen functional groups attached to an aromatic ring is 1. The van der Waals surface area contributed by atoms with Crippen LogP contribution in [0.3, 0.4) is 0 Å². The number of hydrogen-bond acceptors (Lipinski definition) is 5. The van der Waals surface area contributed by atoms with Gasteiger partial charge in [0.2, 0.25) is 5.91 Å². The van der Waals surface area contributed by atoms with Gasteiger partial charge in [0.15, 0.2) is 11.0 Å². The van der Waals surface area contributed by atoms with Crippen molar-refractivity contribution in [2.75, 3.05) is 11.1 Å². The van der Waals surface area contributed by atoms with Crippen molar-refractivity contribution in [1.82, 2.24) is 14.8 Å². The Balaban J connectivity index is 1.78. The van der Waals surface area contributed by atoms with Gasteiger partial charge in [-0.3, -0.25) is 4.79 Å². The smallest absolute Gasteiger partial charge is 0.237 e. The van der Waals surface area contributed by atoms with Gasteiger partial charge in [0.05, 0.1) is 5.25 Å². The lowest BCUT2D eigenvalue weighted by atomic mass is 10.1. The molecule has 0 saturated heterocycles. The molecule has 7 heteroatoms. The molecular formula is C22H27N5OS. The minimum atomic E-state index is -0.316. The Morgan fingerprint density at radius 1 is 1.14 bits per heavy atom. The highest BCUT2D eigenvalue weighted by Gasteiger charge is 2.21. The molecule has 1 atom stereocenters. The molecule has 152 valence electrons.